The van der Waals surface area contributed by atoms with Crippen LogP contribution in [0.4, 0.5) is 0 Å². The van der Waals surface area contributed by atoms with Gasteiger partial charge in [-0.1, -0.05) is 13.8 Å². The summed E-state index contributed by atoms with van der Waals surface area (Å²) in [4.78, 5) is 16.1. The molecule has 1 atom stereocenters. The molecule has 7 heteroatoms. The molecule has 0 fully saturated rings. The molecule has 0 amide bonds. The highest BCUT2D eigenvalue weighted by atomic mass is 32.1. The molecule has 1 N–H and O–H groups in total. The second-order valence-electron chi connectivity index (χ2n) is 5.13. The Kier molecular flexibility index (Phi) is 4.85. The van der Waals surface area contributed by atoms with E-state index in [1.54, 1.807) is 17.0 Å². The molecule has 0 aliphatic heterocycles. The summed E-state index contributed by atoms with van der Waals surface area (Å²) < 4.78 is 7.04. The molecule has 21 heavy (non-hydrogen) atoms. The molecule has 2 heterocycles. The molecule has 0 radical (unpaired) electrons. The lowest BCUT2D eigenvalue weighted by molar-refractivity contribution is -0.145. The minimum atomic E-state index is -0.496. The molecular formula is C14H18N4O2S. The maximum atomic E-state index is 12.1. The van der Waals surface area contributed by atoms with E-state index < -0.39 is 6.04 Å². The summed E-state index contributed by atoms with van der Waals surface area (Å²) in [7, 11) is 1.38. The lowest BCUT2D eigenvalue weighted by Gasteiger charge is -2.19. The highest BCUT2D eigenvalue weighted by molar-refractivity contribution is 7.71. The normalized spacial score (nSPS) is 12.4. The molecule has 0 aliphatic rings. The molecule has 0 spiro atoms. The first-order valence-corrected chi connectivity index (χ1v) is 7.10. The number of esters is 1. The molecular weight excluding hydrogens is 288 g/mol. The first-order chi connectivity index (χ1) is 10.0. The second-order valence-corrected chi connectivity index (χ2v) is 5.51. The third kappa shape index (κ3) is 3.36. The van der Waals surface area contributed by atoms with Gasteiger partial charge in [0.25, 0.3) is 0 Å². The summed E-state index contributed by atoms with van der Waals surface area (Å²) >= 11 is 5.29. The summed E-state index contributed by atoms with van der Waals surface area (Å²) in [5.74, 6) is 0.603. The van der Waals surface area contributed by atoms with Crippen LogP contribution in [0.2, 0.25) is 0 Å². The number of carbonyl (C=O) groups excluding carboxylic acids is 1. The Morgan fingerprint density at radius 2 is 2.10 bits per heavy atom. The summed E-state index contributed by atoms with van der Waals surface area (Å²) in [5.41, 5.74) is 0.843. The Balaban J connectivity index is 2.53. The lowest BCUT2D eigenvalue weighted by atomic mass is 10.0. The van der Waals surface area contributed by atoms with Gasteiger partial charge in [0, 0.05) is 18.0 Å². The average molecular weight is 306 g/mol. The van der Waals surface area contributed by atoms with E-state index in [1.165, 1.54) is 7.11 Å². The highest BCUT2D eigenvalue weighted by Crippen LogP contribution is 2.26. The minimum absolute atomic E-state index is 0.316. The Morgan fingerprint density at radius 3 is 2.67 bits per heavy atom. The number of methoxy groups -OCH3 is 1. The van der Waals surface area contributed by atoms with Crippen LogP contribution in [0.1, 0.15) is 26.3 Å². The van der Waals surface area contributed by atoms with Gasteiger partial charge < -0.3 is 4.74 Å². The smallest absolute Gasteiger partial charge is 0.329 e. The number of carbonyl (C=O) groups is 1. The third-order valence-electron chi connectivity index (χ3n) is 3.12. The van der Waals surface area contributed by atoms with Crippen molar-refractivity contribution in [2.75, 3.05) is 7.11 Å². The van der Waals surface area contributed by atoms with E-state index in [0.29, 0.717) is 22.9 Å². The predicted octanol–water partition coefficient (Wildman–Crippen LogP) is 2.76. The number of aromatic nitrogens is 4. The van der Waals surface area contributed by atoms with E-state index in [1.807, 2.05) is 26.0 Å². The van der Waals surface area contributed by atoms with E-state index in [9.17, 15) is 4.79 Å². The van der Waals surface area contributed by atoms with Gasteiger partial charge in [-0.05, 0) is 36.7 Å². The fourth-order valence-corrected chi connectivity index (χ4v) is 2.45. The minimum Gasteiger partial charge on any atom is -0.467 e. The maximum Gasteiger partial charge on any atom is 0.329 e. The number of nitrogens with one attached hydrogen (secondary N) is 1. The van der Waals surface area contributed by atoms with Gasteiger partial charge in [-0.15, -0.1) is 0 Å². The van der Waals surface area contributed by atoms with Crippen molar-refractivity contribution in [1.82, 2.24) is 19.7 Å². The second kappa shape index (κ2) is 6.62. The van der Waals surface area contributed by atoms with Gasteiger partial charge in [0.15, 0.2) is 10.6 Å². The molecule has 0 saturated carbocycles. The summed E-state index contributed by atoms with van der Waals surface area (Å²) in [5, 5.41) is 7.00. The Labute approximate surface area is 128 Å². The zero-order valence-corrected chi connectivity index (χ0v) is 13.1. The lowest BCUT2D eigenvalue weighted by Crippen LogP contribution is -2.23. The fourth-order valence-electron chi connectivity index (χ4n) is 2.19. The van der Waals surface area contributed by atoms with Crippen LogP contribution in [-0.2, 0) is 9.53 Å². The third-order valence-corrected chi connectivity index (χ3v) is 3.41. The van der Waals surface area contributed by atoms with Crippen molar-refractivity contribution in [3.63, 3.8) is 0 Å². The number of hydrogen-bond donors (Lipinski definition) is 1. The van der Waals surface area contributed by atoms with Gasteiger partial charge in [0.05, 0.1) is 7.11 Å². The Bertz CT molecular complexity index is 663. The Hall–Kier alpha value is -2.02. The van der Waals surface area contributed by atoms with Crippen molar-refractivity contribution in [1.29, 1.82) is 0 Å². The van der Waals surface area contributed by atoms with Crippen molar-refractivity contribution in [3.05, 3.63) is 29.3 Å². The molecule has 2 aromatic heterocycles. The number of aromatic amines is 1. The van der Waals surface area contributed by atoms with Crippen molar-refractivity contribution in [3.8, 4) is 11.4 Å². The van der Waals surface area contributed by atoms with Crippen LogP contribution >= 0.6 is 12.2 Å². The Morgan fingerprint density at radius 1 is 1.43 bits per heavy atom. The zero-order chi connectivity index (χ0) is 15.4. The van der Waals surface area contributed by atoms with Crippen LogP contribution in [0.25, 0.3) is 11.4 Å². The molecule has 0 saturated heterocycles. The molecule has 6 nitrogen and oxygen atoms in total. The van der Waals surface area contributed by atoms with E-state index >= 15 is 0 Å². The quantitative estimate of drug-likeness (QED) is 0.679. The van der Waals surface area contributed by atoms with Crippen molar-refractivity contribution >= 4 is 18.2 Å². The van der Waals surface area contributed by atoms with Crippen molar-refractivity contribution in [2.24, 2.45) is 5.92 Å². The first kappa shape index (κ1) is 15.4. The summed E-state index contributed by atoms with van der Waals surface area (Å²) in [6, 6.07) is 3.15. The monoisotopic (exact) mass is 306 g/mol. The van der Waals surface area contributed by atoms with Gasteiger partial charge >= 0.3 is 5.97 Å². The molecule has 0 aliphatic carbocycles. The average Bonchev–Trinajstić information content (AvgIpc) is 2.86. The van der Waals surface area contributed by atoms with Gasteiger partial charge in [0.1, 0.15) is 6.04 Å². The highest BCUT2D eigenvalue weighted by Gasteiger charge is 2.26. The molecule has 2 rings (SSSR count). The summed E-state index contributed by atoms with van der Waals surface area (Å²) in [6.45, 7) is 4.09. The van der Waals surface area contributed by atoms with Crippen LogP contribution in [-0.4, -0.2) is 32.8 Å². The topological polar surface area (TPSA) is 72.8 Å². The number of pyridine rings is 1. The largest absolute Gasteiger partial charge is 0.467 e. The summed E-state index contributed by atoms with van der Waals surface area (Å²) in [6.07, 6.45) is 3.97. The first-order valence-electron chi connectivity index (χ1n) is 6.69. The number of ether oxygens (including phenoxy) is 1. The molecule has 0 bridgehead atoms. The van der Waals surface area contributed by atoms with Gasteiger partial charge in [-0.2, -0.15) is 5.10 Å². The molecule has 1 unspecified atom stereocenters. The van der Waals surface area contributed by atoms with Crippen LogP contribution < -0.4 is 0 Å². The maximum absolute atomic E-state index is 12.1. The van der Waals surface area contributed by atoms with E-state index in [2.05, 4.69) is 15.2 Å². The molecule has 2 aromatic rings. The molecule has 0 aromatic carbocycles. The van der Waals surface area contributed by atoms with Gasteiger partial charge in [-0.3, -0.25) is 14.6 Å². The van der Waals surface area contributed by atoms with Crippen LogP contribution in [0.3, 0.4) is 0 Å². The predicted molar refractivity (Wildman–Crippen MR) is 81.2 cm³/mol. The number of H-pyrrole nitrogens is 1. The van der Waals surface area contributed by atoms with Crippen LogP contribution in [0.5, 0.6) is 0 Å². The van der Waals surface area contributed by atoms with Crippen molar-refractivity contribution in [2.45, 2.75) is 26.3 Å². The number of nitrogens with zero attached hydrogens (tertiary/aromatic N) is 3. The fraction of sp³-hybridized carbons (Fsp3) is 0.429. The van der Waals surface area contributed by atoms with Crippen LogP contribution in [0.15, 0.2) is 24.5 Å². The van der Waals surface area contributed by atoms with Crippen molar-refractivity contribution < 1.29 is 9.53 Å². The van der Waals surface area contributed by atoms with E-state index in [4.69, 9.17) is 17.0 Å². The van der Waals surface area contributed by atoms with E-state index in [-0.39, 0.29) is 5.97 Å². The SMILES string of the molecule is COC(=O)C(CC(C)C)n1c(-c2ccncc2)n[nH]c1=S. The standard InChI is InChI=1S/C14H18N4O2S/c1-9(2)8-11(13(19)20-3)18-12(16-17-14(18)21)10-4-6-15-7-5-10/h4-7,9,11H,8H2,1-3H3,(H,17,21). The molecule has 112 valence electrons. The van der Waals surface area contributed by atoms with Crippen LogP contribution in [0, 0.1) is 10.7 Å². The van der Waals surface area contributed by atoms with Gasteiger partial charge in [-0.25, -0.2) is 4.79 Å². The van der Waals surface area contributed by atoms with Gasteiger partial charge in [0.2, 0.25) is 0 Å². The number of hydrogen-bond acceptors (Lipinski definition) is 5. The van der Waals surface area contributed by atoms with E-state index in [0.717, 1.165) is 5.56 Å². The zero-order valence-electron chi connectivity index (χ0n) is 12.2. The number of rotatable bonds is 5.